The Bertz CT molecular complexity index is 530. The van der Waals surface area contributed by atoms with Crippen LogP contribution in [0.15, 0.2) is 29.8 Å². The van der Waals surface area contributed by atoms with Gasteiger partial charge < -0.3 is 10.6 Å². The van der Waals surface area contributed by atoms with Gasteiger partial charge in [0.15, 0.2) is 0 Å². The molecule has 0 radical (unpaired) electrons. The predicted octanol–water partition coefficient (Wildman–Crippen LogP) is 3.26. The highest BCUT2D eigenvalue weighted by atomic mass is 32.1. The van der Waals surface area contributed by atoms with E-state index in [2.05, 4.69) is 28.1 Å². The Morgan fingerprint density at radius 2 is 2.05 bits per heavy atom. The summed E-state index contributed by atoms with van der Waals surface area (Å²) in [5.41, 5.74) is 9.65. The first kappa shape index (κ1) is 12.6. The quantitative estimate of drug-likeness (QED) is 0.933. The number of nitrogens with zero attached hydrogens (tertiary/aromatic N) is 2. The smallest absolute Gasteiger partial charge is 0.123 e. The number of rotatable bonds is 3. The van der Waals surface area contributed by atoms with E-state index in [4.69, 9.17) is 5.73 Å². The molecule has 2 heterocycles. The number of benzene rings is 1. The number of nitrogens with two attached hydrogens (primary N) is 1. The SMILES string of the molecule is NCc1cc(-c2nccs2)ccc1N1CCCCC1. The van der Waals surface area contributed by atoms with Gasteiger partial charge in [-0.3, -0.25) is 0 Å². The summed E-state index contributed by atoms with van der Waals surface area (Å²) in [5.74, 6) is 0. The van der Waals surface area contributed by atoms with E-state index in [-0.39, 0.29) is 0 Å². The zero-order valence-corrected chi connectivity index (χ0v) is 11.8. The predicted molar refractivity (Wildman–Crippen MR) is 81.5 cm³/mol. The Kier molecular flexibility index (Phi) is 3.80. The van der Waals surface area contributed by atoms with Crippen molar-refractivity contribution in [1.82, 2.24) is 4.98 Å². The van der Waals surface area contributed by atoms with Crippen molar-refractivity contribution in [2.75, 3.05) is 18.0 Å². The number of hydrogen-bond acceptors (Lipinski definition) is 4. The van der Waals surface area contributed by atoms with Gasteiger partial charge in [-0.2, -0.15) is 0 Å². The van der Waals surface area contributed by atoms with Crippen molar-refractivity contribution < 1.29 is 0 Å². The lowest BCUT2D eigenvalue weighted by Crippen LogP contribution is -2.30. The molecule has 0 unspecified atom stereocenters. The van der Waals surface area contributed by atoms with Crippen molar-refractivity contribution in [2.45, 2.75) is 25.8 Å². The Morgan fingerprint density at radius 1 is 1.21 bits per heavy atom. The lowest BCUT2D eigenvalue weighted by atomic mass is 10.0. The summed E-state index contributed by atoms with van der Waals surface area (Å²) in [6.45, 7) is 2.90. The maximum atomic E-state index is 5.94. The minimum absolute atomic E-state index is 0.588. The maximum absolute atomic E-state index is 5.94. The van der Waals surface area contributed by atoms with E-state index in [0.717, 1.165) is 18.1 Å². The van der Waals surface area contributed by atoms with E-state index in [1.54, 1.807) is 11.3 Å². The van der Waals surface area contributed by atoms with Crippen LogP contribution < -0.4 is 10.6 Å². The molecule has 1 aliphatic heterocycles. The lowest BCUT2D eigenvalue weighted by molar-refractivity contribution is 0.576. The number of thiazole rings is 1. The molecule has 0 atom stereocenters. The molecule has 0 spiro atoms. The van der Waals surface area contributed by atoms with E-state index < -0.39 is 0 Å². The van der Waals surface area contributed by atoms with Crippen LogP contribution in [-0.4, -0.2) is 18.1 Å². The van der Waals surface area contributed by atoms with Crippen molar-refractivity contribution in [2.24, 2.45) is 5.73 Å². The molecule has 1 aromatic heterocycles. The topological polar surface area (TPSA) is 42.1 Å². The van der Waals surface area contributed by atoms with Crippen molar-refractivity contribution >= 4 is 17.0 Å². The molecular weight excluding hydrogens is 254 g/mol. The Labute approximate surface area is 118 Å². The monoisotopic (exact) mass is 273 g/mol. The Balaban J connectivity index is 1.93. The van der Waals surface area contributed by atoms with Crippen LogP contribution in [0.4, 0.5) is 5.69 Å². The largest absolute Gasteiger partial charge is 0.371 e. The second-order valence-corrected chi connectivity index (χ2v) is 5.83. The van der Waals surface area contributed by atoms with Crippen LogP contribution in [0, 0.1) is 0 Å². The first-order chi connectivity index (χ1) is 9.38. The fraction of sp³-hybridized carbons (Fsp3) is 0.400. The van der Waals surface area contributed by atoms with E-state index in [1.165, 1.54) is 36.1 Å². The number of aromatic nitrogens is 1. The molecule has 1 aromatic carbocycles. The molecule has 4 heteroatoms. The van der Waals surface area contributed by atoms with E-state index in [9.17, 15) is 0 Å². The molecule has 0 bridgehead atoms. The minimum Gasteiger partial charge on any atom is -0.371 e. The standard InChI is InChI=1S/C15H19N3S/c16-11-13-10-12(15-17-6-9-19-15)4-5-14(13)18-7-2-1-3-8-18/h4-6,9-10H,1-3,7-8,11,16H2. The van der Waals surface area contributed by atoms with E-state index >= 15 is 0 Å². The van der Waals surface area contributed by atoms with Crippen molar-refractivity contribution in [1.29, 1.82) is 0 Å². The number of piperidine rings is 1. The molecule has 3 rings (SSSR count). The molecule has 19 heavy (non-hydrogen) atoms. The zero-order valence-electron chi connectivity index (χ0n) is 11.0. The summed E-state index contributed by atoms with van der Waals surface area (Å²) in [5, 5.41) is 3.08. The molecular formula is C15H19N3S. The summed E-state index contributed by atoms with van der Waals surface area (Å²) in [6, 6.07) is 6.58. The average molecular weight is 273 g/mol. The summed E-state index contributed by atoms with van der Waals surface area (Å²) < 4.78 is 0. The summed E-state index contributed by atoms with van der Waals surface area (Å²) in [7, 11) is 0. The summed E-state index contributed by atoms with van der Waals surface area (Å²) in [4.78, 5) is 6.84. The van der Waals surface area contributed by atoms with Crippen LogP contribution in [0.1, 0.15) is 24.8 Å². The van der Waals surface area contributed by atoms with Gasteiger partial charge in [0.1, 0.15) is 5.01 Å². The Hall–Kier alpha value is -1.39. The maximum Gasteiger partial charge on any atom is 0.123 e. The first-order valence-corrected chi connectivity index (χ1v) is 7.74. The van der Waals surface area contributed by atoms with Gasteiger partial charge in [-0.05, 0) is 43.0 Å². The van der Waals surface area contributed by atoms with Crippen molar-refractivity contribution in [3.05, 3.63) is 35.3 Å². The first-order valence-electron chi connectivity index (χ1n) is 6.86. The van der Waals surface area contributed by atoms with Gasteiger partial charge in [-0.15, -0.1) is 11.3 Å². The van der Waals surface area contributed by atoms with Gasteiger partial charge in [-0.25, -0.2) is 4.98 Å². The normalized spacial score (nSPS) is 15.7. The fourth-order valence-electron chi connectivity index (χ4n) is 2.69. The van der Waals surface area contributed by atoms with E-state index in [1.807, 2.05) is 11.6 Å². The van der Waals surface area contributed by atoms with Crippen LogP contribution in [0.25, 0.3) is 10.6 Å². The highest BCUT2D eigenvalue weighted by Gasteiger charge is 2.14. The molecule has 0 amide bonds. The zero-order chi connectivity index (χ0) is 13.1. The molecule has 1 saturated heterocycles. The second kappa shape index (κ2) is 5.72. The molecule has 100 valence electrons. The van der Waals surface area contributed by atoms with Gasteiger partial charge >= 0.3 is 0 Å². The molecule has 1 aliphatic rings. The molecule has 1 fully saturated rings. The third-order valence-corrected chi connectivity index (χ3v) is 4.50. The second-order valence-electron chi connectivity index (χ2n) is 4.93. The molecule has 0 saturated carbocycles. The van der Waals surface area contributed by atoms with Gasteiger partial charge in [0.25, 0.3) is 0 Å². The van der Waals surface area contributed by atoms with Crippen molar-refractivity contribution in [3.8, 4) is 10.6 Å². The molecule has 0 aliphatic carbocycles. The number of hydrogen-bond donors (Lipinski definition) is 1. The fourth-order valence-corrected chi connectivity index (χ4v) is 3.33. The van der Waals surface area contributed by atoms with Crippen LogP contribution in [0.3, 0.4) is 0 Å². The van der Waals surface area contributed by atoms with Gasteiger partial charge in [-0.1, -0.05) is 0 Å². The molecule has 2 aromatic rings. The molecule has 2 N–H and O–H groups in total. The molecule has 3 nitrogen and oxygen atoms in total. The Morgan fingerprint density at radius 3 is 2.74 bits per heavy atom. The van der Waals surface area contributed by atoms with Gasteiger partial charge in [0.05, 0.1) is 0 Å². The van der Waals surface area contributed by atoms with Crippen LogP contribution in [-0.2, 0) is 6.54 Å². The summed E-state index contributed by atoms with van der Waals surface area (Å²) in [6.07, 6.45) is 5.78. The van der Waals surface area contributed by atoms with Crippen molar-refractivity contribution in [3.63, 3.8) is 0 Å². The van der Waals surface area contributed by atoms with E-state index in [0.29, 0.717) is 6.54 Å². The van der Waals surface area contributed by atoms with Crippen LogP contribution >= 0.6 is 11.3 Å². The van der Waals surface area contributed by atoms with Gasteiger partial charge in [0, 0.05) is 42.5 Å². The van der Waals surface area contributed by atoms with Crippen LogP contribution in [0.5, 0.6) is 0 Å². The highest BCUT2D eigenvalue weighted by molar-refractivity contribution is 7.13. The van der Waals surface area contributed by atoms with Gasteiger partial charge in [0.2, 0.25) is 0 Å². The minimum atomic E-state index is 0.588. The van der Waals surface area contributed by atoms with Crippen LogP contribution in [0.2, 0.25) is 0 Å². The lowest BCUT2D eigenvalue weighted by Gasteiger charge is -2.30. The highest BCUT2D eigenvalue weighted by Crippen LogP contribution is 2.30. The third-order valence-electron chi connectivity index (χ3n) is 3.68. The average Bonchev–Trinajstić information content (AvgIpc) is 3.02. The summed E-state index contributed by atoms with van der Waals surface area (Å²) >= 11 is 1.67. The number of anilines is 1. The third kappa shape index (κ3) is 2.65.